The van der Waals surface area contributed by atoms with E-state index in [0.717, 1.165) is 11.3 Å². The lowest BCUT2D eigenvalue weighted by molar-refractivity contribution is 0.192. The smallest absolute Gasteiger partial charge is 0.317 e. The van der Waals surface area contributed by atoms with Gasteiger partial charge in [0.15, 0.2) is 0 Å². The normalized spacial score (nSPS) is 11.6. The van der Waals surface area contributed by atoms with Crippen LogP contribution in [0, 0.1) is 0 Å². The molecule has 0 bridgehead atoms. The van der Waals surface area contributed by atoms with Gasteiger partial charge < -0.3 is 15.0 Å². The zero-order chi connectivity index (χ0) is 16.7. The molecule has 0 saturated carbocycles. The number of benzene rings is 2. The molecule has 0 radical (unpaired) electrons. The van der Waals surface area contributed by atoms with Gasteiger partial charge >= 0.3 is 6.03 Å². The lowest BCUT2D eigenvalue weighted by Gasteiger charge is -2.21. The van der Waals surface area contributed by atoms with Crippen LogP contribution in [0.15, 0.2) is 54.6 Å². The average Bonchev–Trinajstić information content (AvgIpc) is 2.55. The first kappa shape index (κ1) is 17.2. The number of carbonyl (C=O) groups excluding carboxylic acids is 1. The van der Waals surface area contributed by atoms with E-state index in [9.17, 15) is 4.79 Å². The Balaban J connectivity index is 1.78. The van der Waals surface area contributed by atoms with Crippen LogP contribution < -0.4 is 10.1 Å². The molecule has 5 heteroatoms. The number of urea groups is 1. The van der Waals surface area contributed by atoms with Gasteiger partial charge in [0.05, 0.1) is 12.6 Å². The summed E-state index contributed by atoms with van der Waals surface area (Å²) in [6.07, 6.45) is 0. The summed E-state index contributed by atoms with van der Waals surface area (Å²) in [5.41, 5.74) is 0.972. The Bertz CT molecular complexity index is 634. The molecule has 0 aliphatic rings. The number of ether oxygens (including phenoxy) is 1. The van der Waals surface area contributed by atoms with Gasteiger partial charge in [-0.2, -0.15) is 0 Å². The Morgan fingerprint density at radius 1 is 1.22 bits per heavy atom. The van der Waals surface area contributed by atoms with E-state index in [4.69, 9.17) is 16.3 Å². The van der Waals surface area contributed by atoms with Crippen LogP contribution >= 0.6 is 11.6 Å². The maximum Gasteiger partial charge on any atom is 0.317 e. The monoisotopic (exact) mass is 332 g/mol. The molecule has 0 aliphatic carbocycles. The van der Waals surface area contributed by atoms with Gasteiger partial charge in [-0.05, 0) is 36.8 Å². The van der Waals surface area contributed by atoms with Gasteiger partial charge in [-0.15, -0.1) is 0 Å². The van der Waals surface area contributed by atoms with Gasteiger partial charge in [0.2, 0.25) is 0 Å². The van der Waals surface area contributed by atoms with E-state index in [1.807, 2.05) is 61.5 Å². The van der Waals surface area contributed by atoms with E-state index < -0.39 is 0 Å². The number of nitrogens with one attached hydrogen (secondary N) is 1. The molecule has 2 aromatic rings. The Kier molecular flexibility index (Phi) is 6.29. The predicted octanol–water partition coefficient (Wildman–Crippen LogP) is 4.12. The maximum atomic E-state index is 12.2. The highest BCUT2D eigenvalue weighted by atomic mass is 35.5. The molecule has 0 fully saturated rings. The Labute approximate surface area is 142 Å². The zero-order valence-corrected chi connectivity index (χ0v) is 14.1. The first-order chi connectivity index (χ1) is 11.1. The molecule has 0 aliphatic heterocycles. The molecule has 1 unspecified atom stereocenters. The Morgan fingerprint density at radius 2 is 1.96 bits per heavy atom. The molecule has 0 aromatic heterocycles. The summed E-state index contributed by atoms with van der Waals surface area (Å²) in [7, 11) is 1.74. The number of halogens is 1. The van der Waals surface area contributed by atoms with Crippen molar-refractivity contribution in [3.8, 4) is 5.75 Å². The highest BCUT2D eigenvalue weighted by Crippen LogP contribution is 2.17. The van der Waals surface area contributed by atoms with Crippen LogP contribution in [0.5, 0.6) is 5.75 Å². The SMILES string of the molecule is CC(NC(=O)N(C)CCOc1ccccc1)c1cccc(Cl)c1. The van der Waals surface area contributed by atoms with Gasteiger partial charge in [0.1, 0.15) is 12.4 Å². The Morgan fingerprint density at radius 3 is 2.65 bits per heavy atom. The molecular formula is C18H21ClN2O2. The summed E-state index contributed by atoms with van der Waals surface area (Å²) in [6, 6.07) is 16.8. The summed E-state index contributed by atoms with van der Waals surface area (Å²) in [6.45, 7) is 2.88. The largest absolute Gasteiger partial charge is 0.492 e. The molecule has 2 rings (SSSR count). The summed E-state index contributed by atoms with van der Waals surface area (Å²) >= 11 is 5.98. The van der Waals surface area contributed by atoms with Crippen LogP contribution in [-0.4, -0.2) is 31.1 Å². The zero-order valence-electron chi connectivity index (χ0n) is 13.3. The number of para-hydroxylation sites is 1. The molecule has 23 heavy (non-hydrogen) atoms. The van der Waals surface area contributed by atoms with Crippen LogP contribution in [0.2, 0.25) is 5.02 Å². The van der Waals surface area contributed by atoms with Gasteiger partial charge in [0, 0.05) is 12.1 Å². The van der Waals surface area contributed by atoms with E-state index in [2.05, 4.69) is 5.32 Å². The van der Waals surface area contributed by atoms with E-state index in [1.165, 1.54) is 0 Å². The van der Waals surface area contributed by atoms with E-state index >= 15 is 0 Å². The van der Waals surface area contributed by atoms with Gasteiger partial charge in [0.25, 0.3) is 0 Å². The number of hydrogen-bond acceptors (Lipinski definition) is 2. The lowest BCUT2D eigenvalue weighted by atomic mass is 10.1. The number of rotatable bonds is 6. The molecule has 1 N–H and O–H groups in total. The van der Waals surface area contributed by atoms with Crippen LogP contribution in [0.1, 0.15) is 18.5 Å². The maximum absolute atomic E-state index is 12.2. The van der Waals surface area contributed by atoms with E-state index in [-0.39, 0.29) is 12.1 Å². The summed E-state index contributed by atoms with van der Waals surface area (Å²) in [4.78, 5) is 13.8. The van der Waals surface area contributed by atoms with Crippen molar-refractivity contribution in [3.63, 3.8) is 0 Å². The molecule has 4 nitrogen and oxygen atoms in total. The van der Waals surface area contributed by atoms with Crippen LogP contribution in [0.4, 0.5) is 4.79 Å². The lowest BCUT2D eigenvalue weighted by Crippen LogP contribution is -2.40. The van der Waals surface area contributed by atoms with Crippen molar-refractivity contribution in [1.82, 2.24) is 10.2 Å². The predicted molar refractivity (Wildman–Crippen MR) is 93.0 cm³/mol. The molecule has 0 saturated heterocycles. The quantitative estimate of drug-likeness (QED) is 0.864. The second-order valence-corrected chi connectivity index (χ2v) is 5.75. The summed E-state index contributed by atoms with van der Waals surface area (Å²) in [5.74, 6) is 0.800. The minimum absolute atomic E-state index is 0.112. The van der Waals surface area contributed by atoms with Crippen molar-refractivity contribution in [2.24, 2.45) is 0 Å². The Hall–Kier alpha value is -2.20. The first-order valence-electron chi connectivity index (χ1n) is 7.51. The molecule has 2 aromatic carbocycles. The van der Waals surface area contributed by atoms with Crippen molar-refractivity contribution in [2.75, 3.05) is 20.2 Å². The third-order valence-corrected chi connectivity index (χ3v) is 3.71. The van der Waals surface area contributed by atoms with Crippen molar-refractivity contribution in [3.05, 3.63) is 65.2 Å². The molecule has 1 atom stereocenters. The number of carbonyl (C=O) groups is 1. The van der Waals surface area contributed by atoms with Crippen LogP contribution in [-0.2, 0) is 0 Å². The second kappa shape index (κ2) is 8.44. The first-order valence-corrected chi connectivity index (χ1v) is 7.89. The van der Waals surface area contributed by atoms with Crippen LogP contribution in [0.3, 0.4) is 0 Å². The fraction of sp³-hybridized carbons (Fsp3) is 0.278. The molecule has 122 valence electrons. The topological polar surface area (TPSA) is 41.6 Å². The molecular weight excluding hydrogens is 312 g/mol. The highest BCUT2D eigenvalue weighted by molar-refractivity contribution is 6.30. The summed E-state index contributed by atoms with van der Waals surface area (Å²) < 4.78 is 5.59. The number of amides is 2. The minimum atomic E-state index is -0.144. The second-order valence-electron chi connectivity index (χ2n) is 5.31. The minimum Gasteiger partial charge on any atom is -0.492 e. The van der Waals surface area contributed by atoms with Gasteiger partial charge in [-0.25, -0.2) is 4.79 Å². The number of likely N-dealkylation sites (N-methyl/N-ethyl adjacent to an activating group) is 1. The van der Waals surface area contributed by atoms with Crippen molar-refractivity contribution >= 4 is 17.6 Å². The van der Waals surface area contributed by atoms with Crippen molar-refractivity contribution in [2.45, 2.75) is 13.0 Å². The molecule has 0 heterocycles. The molecule has 2 amide bonds. The van der Waals surface area contributed by atoms with E-state index in [0.29, 0.717) is 18.2 Å². The highest BCUT2D eigenvalue weighted by Gasteiger charge is 2.13. The molecule has 0 spiro atoms. The number of hydrogen-bond donors (Lipinski definition) is 1. The third-order valence-electron chi connectivity index (χ3n) is 3.47. The van der Waals surface area contributed by atoms with Gasteiger partial charge in [-0.3, -0.25) is 0 Å². The van der Waals surface area contributed by atoms with Crippen molar-refractivity contribution in [1.29, 1.82) is 0 Å². The standard InChI is InChI=1S/C18H21ClN2O2/c1-14(15-7-6-8-16(19)13-15)20-18(22)21(2)11-12-23-17-9-4-3-5-10-17/h3-10,13-14H,11-12H2,1-2H3,(H,20,22). The van der Waals surface area contributed by atoms with Crippen molar-refractivity contribution < 1.29 is 9.53 Å². The third kappa shape index (κ3) is 5.49. The summed E-state index contributed by atoms with van der Waals surface area (Å²) in [5, 5.41) is 3.61. The van der Waals surface area contributed by atoms with Gasteiger partial charge in [-0.1, -0.05) is 41.9 Å². The average molecular weight is 333 g/mol. The number of nitrogens with zero attached hydrogens (tertiary/aromatic N) is 1. The fourth-order valence-corrected chi connectivity index (χ4v) is 2.27. The fourth-order valence-electron chi connectivity index (χ4n) is 2.07. The van der Waals surface area contributed by atoms with Crippen LogP contribution in [0.25, 0.3) is 0 Å². The van der Waals surface area contributed by atoms with E-state index in [1.54, 1.807) is 11.9 Å².